The molecule has 0 aliphatic carbocycles. The maximum absolute atomic E-state index is 12.7. The fourth-order valence-electron chi connectivity index (χ4n) is 3.16. The van der Waals surface area contributed by atoms with Crippen molar-refractivity contribution in [3.63, 3.8) is 0 Å². The van der Waals surface area contributed by atoms with Gasteiger partial charge in [-0.15, -0.1) is 0 Å². The highest BCUT2D eigenvalue weighted by Gasteiger charge is 2.25. The largest absolute Gasteiger partial charge is 0.453 e. The number of benzene rings is 2. The average Bonchev–Trinajstić information content (AvgIpc) is 2.75. The van der Waals surface area contributed by atoms with Gasteiger partial charge in [-0.1, -0.05) is 29.8 Å². The number of hydrogen-bond donors (Lipinski definition) is 2. The van der Waals surface area contributed by atoms with Crippen molar-refractivity contribution in [3.05, 3.63) is 59.1 Å². The zero-order valence-corrected chi connectivity index (χ0v) is 17.9. The van der Waals surface area contributed by atoms with E-state index in [1.807, 2.05) is 0 Å². The molecule has 2 N–H and O–H groups in total. The summed E-state index contributed by atoms with van der Waals surface area (Å²) in [6, 6.07) is 12.2. The van der Waals surface area contributed by atoms with Crippen LogP contribution in [0.15, 0.2) is 53.4 Å². The van der Waals surface area contributed by atoms with Crippen molar-refractivity contribution >= 4 is 39.3 Å². The fraction of sp³-hybridized carbons (Fsp3) is 0.300. The second kappa shape index (κ2) is 9.36. The van der Waals surface area contributed by atoms with E-state index in [0.29, 0.717) is 25.9 Å². The van der Waals surface area contributed by atoms with Crippen LogP contribution in [-0.2, 0) is 14.8 Å². The second-order valence-electron chi connectivity index (χ2n) is 6.82. The molecule has 0 bridgehead atoms. The lowest BCUT2D eigenvalue weighted by Crippen LogP contribution is -2.46. The van der Waals surface area contributed by atoms with Crippen LogP contribution in [0.2, 0.25) is 5.02 Å². The lowest BCUT2D eigenvalue weighted by atomic mass is 10.0. The van der Waals surface area contributed by atoms with Crippen LogP contribution in [-0.4, -0.2) is 51.6 Å². The molecule has 2 aromatic rings. The van der Waals surface area contributed by atoms with E-state index in [-0.39, 0.29) is 39.2 Å². The van der Waals surface area contributed by atoms with Crippen molar-refractivity contribution in [2.24, 2.45) is 0 Å². The number of methoxy groups -OCH3 is 1. The Morgan fingerprint density at radius 3 is 2.47 bits per heavy atom. The van der Waals surface area contributed by atoms with Crippen LogP contribution in [0.25, 0.3) is 0 Å². The van der Waals surface area contributed by atoms with Crippen LogP contribution in [0.3, 0.4) is 0 Å². The third-order valence-electron chi connectivity index (χ3n) is 4.79. The minimum absolute atomic E-state index is 0.0458. The van der Waals surface area contributed by atoms with Gasteiger partial charge >= 0.3 is 6.09 Å². The van der Waals surface area contributed by atoms with E-state index in [9.17, 15) is 18.0 Å². The number of halogens is 1. The Kier molecular flexibility index (Phi) is 6.84. The normalized spacial score (nSPS) is 14.8. The highest BCUT2D eigenvalue weighted by atomic mass is 35.5. The monoisotopic (exact) mass is 451 g/mol. The summed E-state index contributed by atoms with van der Waals surface area (Å²) in [5.74, 6) is -0.374. The number of carbonyl (C=O) groups excluding carboxylic acids is 2. The third kappa shape index (κ3) is 5.22. The SMILES string of the molecule is COC(=O)N1CCC(NC(=O)c2cccc(S(=O)(=O)Nc3ccccc3Cl)c2)CC1. The third-order valence-corrected chi connectivity index (χ3v) is 6.48. The lowest BCUT2D eigenvalue weighted by molar-refractivity contribution is 0.0892. The van der Waals surface area contributed by atoms with Crippen molar-refractivity contribution in [2.45, 2.75) is 23.8 Å². The van der Waals surface area contributed by atoms with Gasteiger partial charge < -0.3 is 15.0 Å². The van der Waals surface area contributed by atoms with Crippen molar-refractivity contribution in [3.8, 4) is 0 Å². The smallest absolute Gasteiger partial charge is 0.409 e. The molecule has 0 radical (unpaired) electrons. The van der Waals surface area contributed by atoms with Crippen molar-refractivity contribution in [1.29, 1.82) is 0 Å². The van der Waals surface area contributed by atoms with E-state index in [4.69, 9.17) is 16.3 Å². The molecule has 0 unspecified atom stereocenters. The summed E-state index contributed by atoms with van der Waals surface area (Å²) in [4.78, 5) is 25.7. The van der Waals surface area contributed by atoms with Crippen LogP contribution in [0.5, 0.6) is 0 Å². The molecule has 0 aromatic heterocycles. The Morgan fingerprint density at radius 1 is 1.10 bits per heavy atom. The van der Waals surface area contributed by atoms with Gasteiger partial charge in [0.05, 0.1) is 22.7 Å². The first-order valence-corrected chi connectivity index (χ1v) is 11.2. The highest BCUT2D eigenvalue weighted by molar-refractivity contribution is 7.92. The standard InChI is InChI=1S/C20H22ClN3O5S/c1-29-20(26)24-11-9-15(10-12-24)22-19(25)14-5-4-6-16(13-14)30(27,28)23-18-8-3-2-7-17(18)21/h2-8,13,15,23H,9-12H2,1H3,(H,22,25). The average molecular weight is 452 g/mol. The van der Waals surface area contributed by atoms with Gasteiger partial charge in [-0.05, 0) is 43.2 Å². The van der Waals surface area contributed by atoms with Crippen LogP contribution >= 0.6 is 11.6 Å². The molecule has 1 fully saturated rings. The summed E-state index contributed by atoms with van der Waals surface area (Å²) in [6.45, 7) is 0.960. The van der Waals surface area contributed by atoms with E-state index in [1.54, 1.807) is 35.2 Å². The Balaban J connectivity index is 1.67. The maximum Gasteiger partial charge on any atom is 0.409 e. The molecule has 10 heteroatoms. The first-order chi connectivity index (χ1) is 14.3. The lowest BCUT2D eigenvalue weighted by Gasteiger charge is -2.31. The molecule has 2 amide bonds. The second-order valence-corrected chi connectivity index (χ2v) is 8.91. The maximum atomic E-state index is 12.7. The number of nitrogens with zero attached hydrogens (tertiary/aromatic N) is 1. The summed E-state index contributed by atoms with van der Waals surface area (Å²) >= 11 is 6.02. The Morgan fingerprint density at radius 2 is 1.80 bits per heavy atom. The summed E-state index contributed by atoms with van der Waals surface area (Å²) in [5.41, 5.74) is 0.485. The van der Waals surface area contributed by atoms with Crippen molar-refractivity contribution < 1.29 is 22.7 Å². The van der Waals surface area contributed by atoms with Crippen LogP contribution < -0.4 is 10.0 Å². The van der Waals surface area contributed by atoms with Crippen LogP contribution in [0, 0.1) is 0 Å². The van der Waals surface area contributed by atoms with Gasteiger partial charge in [0.2, 0.25) is 0 Å². The predicted octanol–water partition coefficient (Wildman–Crippen LogP) is 3.10. The first kappa shape index (κ1) is 21.9. The van der Waals surface area contributed by atoms with Crippen LogP contribution in [0.1, 0.15) is 23.2 Å². The van der Waals surface area contributed by atoms with E-state index < -0.39 is 10.0 Å². The van der Waals surface area contributed by atoms with Gasteiger partial charge in [-0.3, -0.25) is 9.52 Å². The van der Waals surface area contributed by atoms with Crippen molar-refractivity contribution in [2.75, 3.05) is 24.9 Å². The molecule has 1 aliphatic heterocycles. The number of ether oxygens (including phenoxy) is 1. The van der Waals surface area contributed by atoms with Gasteiger partial charge in [0.15, 0.2) is 0 Å². The summed E-state index contributed by atoms with van der Waals surface area (Å²) in [6.07, 6.45) is 0.795. The summed E-state index contributed by atoms with van der Waals surface area (Å²) in [7, 11) is -2.59. The molecular formula is C20H22ClN3O5S. The zero-order chi connectivity index (χ0) is 21.7. The first-order valence-electron chi connectivity index (χ1n) is 9.31. The molecular weight excluding hydrogens is 430 g/mol. The minimum Gasteiger partial charge on any atom is -0.453 e. The van der Waals surface area contributed by atoms with E-state index in [0.717, 1.165) is 0 Å². The molecule has 0 spiro atoms. The number of likely N-dealkylation sites (tertiary alicyclic amines) is 1. The molecule has 3 rings (SSSR count). The number of hydrogen-bond acceptors (Lipinski definition) is 5. The van der Waals surface area contributed by atoms with E-state index in [1.165, 1.54) is 25.3 Å². The van der Waals surface area contributed by atoms with Crippen LogP contribution in [0.4, 0.5) is 10.5 Å². The molecule has 1 saturated heterocycles. The Hall–Kier alpha value is -2.78. The number of piperidine rings is 1. The molecule has 1 heterocycles. The Bertz CT molecular complexity index is 1040. The number of amides is 2. The van der Waals surface area contributed by atoms with E-state index in [2.05, 4.69) is 10.0 Å². The number of carbonyl (C=O) groups is 2. The molecule has 2 aromatic carbocycles. The quantitative estimate of drug-likeness (QED) is 0.726. The fourth-order valence-corrected chi connectivity index (χ4v) is 4.52. The topological polar surface area (TPSA) is 105 Å². The number of para-hydroxylation sites is 1. The highest BCUT2D eigenvalue weighted by Crippen LogP contribution is 2.24. The van der Waals surface area contributed by atoms with E-state index >= 15 is 0 Å². The number of anilines is 1. The van der Waals surface area contributed by atoms with Gasteiger partial charge in [-0.2, -0.15) is 0 Å². The Labute approximate surface area is 180 Å². The van der Waals surface area contributed by atoms with Gasteiger partial charge in [0.1, 0.15) is 0 Å². The zero-order valence-electron chi connectivity index (χ0n) is 16.3. The minimum atomic E-state index is -3.92. The molecule has 1 aliphatic rings. The van der Waals surface area contributed by atoms with Gasteiger partial charge in [-0.25, -0.2) is 13.2 Å². The predicted molar refractivity (Wildman–Crippen MR) is 113 cm³/mol. The molecule has 0 atom stereocenters. The molecule has 8 nitrogen and oxygen atoms in total. The number of sulfonamides is 1. The molecule has 30 heavy (non-hydrogen) atoms. The van der Waals surface area contributed by atoms with Gasteiger partial charge in [0.25, 0.3) is 15.9 Å². The number of rotatable bonds is 5. The summed E-state index contributed by atoms with van der Waals surface area (Å²) in [5, 5.41) is 3.17. The summed E-state index contributed by atoms with van der Waals surface area (Å²) < 4.78 is 32.5. The van der Waals surface area contributed by atoms with Gasteiger partial charge in [0, 0.05) is 24.7 Å². The number of nitrogens with one attached hydrogen (secondary N) is 2. The van der Waals surface area contributed by atoms with Crippen molar-refractivity contribution in [1.82, 2.24) is 10.2 Å². The molecule has 0 saturated carbocycles. The molecule has 160 valence electrons.